The van der Waals surface area contributed by atoms with Crippen LogP contribution in [0.25, 0.3) is 6.08 Å². The van der Waals surface area contributed by atoms with Crippen LogP contribution in [0.5, 0.6) is 5.75 Å². The predicted octanol–water partition coefficient (Wildman–Crippen LogP) is 6.21. The average Bonchev–Trinajstić information content (AvgIpc) is 2.78. The minimum absolute atomic E-state index is 0.123. The van der Waals surface area contributed by atoms with Gasteiger partial charge in [-0.25, -0.2) is 9.69 Å². The molecule has 0 aromatic heterocycles. The third-order valence-electron chi connectivity index (χ3n) is 5.02. The molecule has 0 atom stereocenters. The van der Waals surface area contributed by atoms with Crippen molar-refractivity contribution in [2.45, 2.75) is 13.5 Å². The van der Waals surface area contributed by atoms with Crippen molar-refractivity contribution in [3.05, 3.63) is 94.5 Å². The molecule has 0 radical (unpaired) electrons. The number of anilines is 1. The van der Waals surface area contributed by atoms with Gasteiger partial charge in [0, 0.05) is 4.47 Å². The third-order valence-corrected chi connectivity index (χ3v) is 7.15. The van der Waals surface area contributed by atoms with E-state index in [1.165, 1.54) is 11.6 Å². The first-order valence-electron chi connectivity index (χ1n) is 10.1. The maximum absolute atomic E-state index is 13.1. The summed E-state index contributed by atoms with van der Waals surface area (Å²) in [6.45, 7) is 2.47. The Morgan fingerprint density at radius 1 is 0.971 bits per heavy atom. The number of nitrogens with one attached hydrogen (secondary N) is 1. The Hall–Kier alpha value is -2.25. The lowest BCUT2D eigenvalue weighted by Gasteiger charge is -2.26. The van der Waals surface area contributed by atoms with E-state index in [2.05, 4.69) is 66.4 Å². The number of nitrogens with zero attached hydrogens (tertiary/aromatic N) is 1. The predicted molar refractivity (Wildman–Crippen MR) is 151 cm³/mol. The van der Waals surface area contributed by atoms with Crippen molar-refractivity contribution in [3.8, 4) is 5.75 Å². The summed E-state index contributed by atoms with van der Waals surface area (Å²) in [6.07, 6.45) is 1.49. The lowest BCUT2D eigenvalue weighted by molar-refractivity contribution is -0.122. The molecule has 1 N–H and O–H groups in total. The summed E-state index contributed by atoms with van der Waals surface area (Å²) in [5.74, 6) is -0.677. The van der Waals surface area contributed by atoms with Crippen LogP contribution in [0.3, 0.4) is 0 Å². The first-order valence-corrected chi connectivity index (χ1v) is 13.0. The van der Waals surface area contributed by atoms with Crippen molar-refractivity contribution >= 4 is 90.7 Å². The Kier molecular flexibility index (Phi) is 7.73. The summed E-state index contributed by atoms with van der Waals surface area (Å²) in [6, 6.07) is 17.7. The van der Waals surface area contributed by atoms with Gasteiger partial charge in [0.1, 0.15) is 17.9 Å². The van der Waals surface area contributed by atoms with E-state index in [-0.39, 0.29) is 5.57 Å². The van der Waals surface area contributed by atoms with Crippen LogP contribution in [0, 0.1) is 14.1 Å². The summed E-state index contributed by atoms with van der Waals surface area (Å²) in [5.41, 5.74) is 3.15. The first kappa shape index (κ1) is 24.9. The van der Waals surface area contributed by atoms with Crippen LogP contribution in [-0.4, -0.2) is 17.8 Å². The van der Waals surface area contributed by atoms with E-state index in [4.69, 9.17) is 4.74 Å². The number of ether oxygens (including phenoxy) is 1. The minimum atomic E-state index is -0.779. The van der Waals surface area contributed by atoms with Gasteiger partial charge in [-0.15, -0.1) is 0 Å². The van der Waals surface area contributed by atoms with Gasteiger partial charge in [0.2, 0.25) is 0 Å². The molecule has 0 saturated carbocycles. The zero-order chi connectivity index (χ0) is 24.4. The van der Waals surface area contributed by atoms with Gasteiger partial charge in [-0.1, -0.05) is 45.8 Å². The fourth-order valence-corrected chi connectivity index (χ4v) is 5.68. The fourth-order valence-electron chi connectivity index (χ4n) is 3.29. The molecule has 0 spiro atoms. The number of halogens is 3. The fraction of sp³-hybridized carbons (Fsp3) is 0.0800. The van der Waals surface area contributed by atoms with Gasteiger partial charge in [0.05, 0.1) is 12.8 Å². The van der Waals surface area contributed by atoms with Gasteiger partial charge in [-0.2, -0.15) is 0 Å². The van der Waals surface area contributed by atoms with Crippen molar-refractivity contribution in [2.75, 3.05) is 4.90 Å². The molecule has 4 amide bonds. The maximum Gasteiger partial charge on any atom is 0.335 e. The van der Waals surface area contributed by atoms with Crippen molar-refractivity contribution in [2.24, 2.45) is 0 Å². The van der Waals surface area contributed by atoms with E-state index in [1.807, 2.05) is 43.3 Å². The van der Waals surface area contributed by atoms with Crippen LogP contribution >= 0.6 is 61.1 Å². The Balaban J connectivity index is 1.60. The highest BCUT2D eigenvalue weighted by Crippen LogP contribution is 2.31. The smallest absolute Gasteiger partial charge is 0.335 e. The SMILES string of the molecule is Cc1ccc(COc2c(I)cc(/C=C3\C(=O)NC(=O)N(c4ccc(Br)cc4)C3=O)cc2I)cc1. The number of carbonyl (C=O) groups excluding carboxylic acids is 3. The van der Waals surface area contributed by atoms with Crippen LogP contribution in [-0.2, 0) is 16.2 Å². The zero-order valence-corrected chi connectivity index (χ0v) is 23.7. The molecule has 1 aliphatic rings. The second-order valence-electron chi connectivity index (χ2n) is 7.52. The number of hydrogen-bond acceptors (Lipinski definition) is 4. The van der Waals surface area contributed by atoms with Gasteiger partial charge in [0.15, 0.2) is 0 Å². The van der Waals surface area contributed by atoms with Crippen LogP contribution in [0.2, 0.25) is 0 Å². The number of barbiturate groups is 1. The highest BCUT2D eigenvalue weighted by molar-refractivity contribution is 14.1. The molecule has 172 valence electrons. The molecule has 3 aromatic carbocycles. The van der Waals surface area contributed by atoms with E-state index < -0.39 is 17.8 Å². The number of benzene rings is 3. The highest BCUT2D eigenvalue weighted by atomic mass is 127. The van der Waals surface area contributed by atoms with Gasteiger partial charge in [0.25, 0.3) is 11.8 Å². The van der Waals surface area contributed by atoms with E-state index in [0.29, 0.717) is 17.9 Å². The molecule has 4 rings (SSSR count). The van der Waals surface area contributed by atoms with Crippen molar-refractivity contribution in [3.63, 3.8) is 0 Å². The highest BCUT2D eigenvalue weighted by Gasteiger charge is 2.36. The lowest BCUT2D eigenvalue weighted by atomic mass is 10.1. The zero-order valence-electron chi connectivity index (χ0n) is 17.8. The topological polar surface area (TPSA) is 75.7 Å². The molecule has 0 bridgehead atoms. The average molecular weight is 743 g/mol. The maximum atomic E-state index is 13.1. The molecule has 1 fully saturated rings. The molecule has 6 nitrogen and oxygen atoms in total. The van der Waals surface area contributed by atoms with E-state index in [1.54, 1.807) is 24.3 Å². The standard InChI is InChI=1S/C25H17BrI2N2O4/c1-14-2-4-15(5-3-14)13-34-22-20(27)11-16(12-21(22)28)10-19-23(31)29-25(33)30(24(19)32)18-8-6-17(26)7-9-18/h2-12H,13H2,1H3,(H,29,31,33)/b19-10+. The van der Waals surface area contributed by atoms with Crippen LogP contribution in [0.1, 0.15) is 16.7 Å². The molecule has 1 aliphatic heterocycles. The number of rotatable bonds is 5. The number of urea groups is 1. The number of amides is 4. The molecule has 0 unspecified atom stereocenters. The van der Waals surface area contributed by atoms with E-state index >= 15 is 0 Å². The molecule has 34 heavy (non-hydrogen) atoms. The second-order valence-corrected chi connectivity index (χ2v) is 10.8. The van der Waals surface area contributed by atoms with Crippen LogP contribution in [0.4, 0.5) is 10.5 Å². The Morgan fingerprint density at radius 3 is 2.21 bits per heavy atom. The van der Waals surface area contributed by atoms with Crippen LogP contribution < -0.4 is 15.0 Å². The minimum Gasteiger partial charge on any atom is -0.487 e. The molecular weight excluding hydrogens is 726 g/mol. The van der Waals surface area contributed by atoms with Crippen molar-refractivity contribution in [1.29, 1.82) is 0 Å². The summed E-state index contributed by atoms with van der Waals surface area (Å²) in [5, 5.41) is 2.25. The van der Waals surface area contributed by atoms with Gasteiger partial charge < -0.3 is 4.74 Å². The lowest BCUT2D eigenvalue weighted by Crippen LogP contribution is -2.54. The normalized spacial score (nSPS) is 15.0. The van der Waals surface area contributed by atoms with Crippen molar-refractivity contribution < 1.29 is 19.1 Å². The number of carbonyl (C=O) groups is 3. The Labute approximate surface area is 232 Å². The molecule has 1 heterocycles. The molecule has 1 saturated heterocycles. The monoisotopic (exact) mass is 742 g/mol. The first-order chi connectivity index (χ1) is 16.2. The summed E-state index contributed by atoms with van der Waals surface area (Å²) >= 11 is 7.67. The second kappa shape index (κ2) is 10.6. The largest absolute Gasteiger partial charge is 0.487 e. The summed E-state index contributed by atoms with van der Waals surface area (Å²) in [7, 11) is 0. The Morgan fingerprint density at radius 2 is 1.59 bits per heavy atom. The van der Waals surface area contributed by atoms with E-state index in [0.717, 1.165) is 27.8 Å². The molecule has 0 aliphatic carbocycles. The summed E-state index contributed by atoms with van der Waals surface area (Å²) < 4.78 is 8.53. The number of aryl methyl sites for hydroxylation is 1. The van der Waals surface area contributed by atoms with Gasteiger partial charge in [-0.3, -0.25) is 14.9 Å². The Bertz CT molecular complexity index is 1300. The van der Waals surface area contributed by atoms with Gasteiger partial charge >= 0.3 is 6.03 Å². The number of imide groups is 2. The quantitative estimate of drug-likeness (QED) is 0.192. The third kappa shape index (κ3) is 5.52. The van der Waals surface area contributed by atoms with Gasteiger partial charge in [-0.05, 0) is 106 Å². The molecule has 9 heteroatoms. The van der Waals surface area contributed by atoms with E-state index in [9.17, 15) is 14.4 Å². The number of hydrogen-bond donors (Lipinski definition) is 1. The summed E-state index contributed by atoms with van der Waals surface area (Å²) in [4.78, 5) is 38.9. The molecular formula is C25H17BrI2N2O4. The van der Waals surface area contributed by atoms with Crippen LogP contribution in [0.15, 0.2) is 70.7 Å². The van der Waals surface area contributed by atoms with Crippen molar-refractivity contribution in [1.82, 2.24) is 5.32 Å². The molecule has 3 aromatic rings.